The van der Waals surface area contributed by atoms with Gasteiger partial charge in [0, 0.05) is 23.5 Å². The number of fused-ring (bicyclic) bond motifs is 1. The Kier molecular flexibility index (Phi) is 4.42. The van der Waals surface area contributed by atoms with Gasteiger partial charge in [-0.15, -0.1) is 0 Å². The van der Waals surface area contributed by atoms with Crippen LogP contribution in [0.15, 0.2) is 84.0 Å². The normalized spacial score (nSPS) is 11.5. The molecule has 2 heterocycles. The molecule has 8 heteroatoms. The number of imidazole rings is 1. The smallest absolute Gasteiger partial charge is 0.255 e. The largest absolute Gasteiger partial charge is 0.321 e. The van der Waals surface area contributed by atoms with Crippen LogP contribution in [0.2, 0.25) is 0 Å². The average Bonchev–Trinajstić information content (AvgIpc) is 3.12. The van der Waals surface area contributed by atoms with E-state index in [1.165, 1.54) is 24.3 Å². The molecular formula is C20H16N4O3S. The van der Waals surface area contributed by atoms with Crippen LogP contribution in [0, 0.1) is 0 Å². The Balaban J connectivity index is 1.64. The standard InChI is InChI=1S/C20H16N4O3S/c21-28(26,27)15-10-8-14(9-11-15)20(25)23-17-6-2-1-5-16(17)18-13-24-12-4-3-7-19(24)22-18/h1-13H,(H,23,25)(H2,21,26,27). The van der Waals surface area contributed by atoms with Crippen LogP contribution in [-0.2, 0) is 10.0 Å². The number of anilines is 1. The summed E-state index contributed by atoms with van der Waals surface area (Å²) in [5, 5.41) is 7.94. The van der Waals surface area contributed by atoms with Gasteiger partial charge in [-0.2, -0.15) is 0 Å². The van der Waals surface area contributed by atoms with Crippen molar-refractivity contribution in [3.63, 3.8) is 0 Å². The number of carbonyl (C=O) groups is 1. The van der Waals surface area contributed by atoms with Gasteiger partial charge in [-0.05, 0) is 42.5 Å². The summed E-state index contributed by atoms with van der Waals surface area (Å²) in [5.41, 5.74) is 3.23. The Labute approximate surface area is 161 Å². The molecule has 4 rings (SSSR count). The first-order valence-corrected chi connectivity index (χ1v) is 9.94. The third kappa shape index (κ3) is 3.51. The second-order valence-electron chi connectivity index (χ2n) is 6.16. The number of nitrogens with one attached hydrogen (secondary N) is 1. The summed E-state index contributed by atoms with van der Waals surface area (Å²) in [5.74, 6) is -0.364. The zero-order chi connectivity index (χ0) is 19.7. The molecule has 2 aromatic carbocycles. The number of primary sulfonamides is 1. The topological polar surface area (TPSA) is 107 Å². The number of rotatable bonds is 4. The SMILES string of the molecule is NS(=O)(=O)c1ccc(C(=O)Nc2ccccc2-c2cn3ccccc3n2)cc1. The molecule has 0 saturated heterocycles. The van der Waals surface area contributed by atoms with Crippen molar-refractivity contribution in [2.75, 3.05) is 5.32 Å². The highest BCUT2D eigenvalue weighted by Gasteiger charge is 2.14. The fraction of sp³-hybridized carbons (Fsp3) is 0. The van der Waals surface area contributed by atoms with Gasteiger partial charge < -0.3 is 9.72 Å². The third-order valence-corrected chi connectivity index (χ3v) is 5.19. The van der Waals surface area contributed by atoms with Crippen molar-refractivity contribution in [2.24, 2.45) is 5.14 Å². The minimum absolute atomic E-state index is 0.0471. The first kappa shape index (κ1) is 17.9. The first-order valence-electron chi connectivity index (χ1n) is 8.39. The minimum atomic E-state index is -3.80. The number of nitrogens with two attached hydrogens (primary N) is 1. The number of aromatic nitrogens is 2. The van der Waals surface area contributed by atoms with Gasteiger partial charge >= 0.3 is 0 Å². The molecule has 0 aliphatic rings. The molecule has 1 amide bonds. The Bertz CT molecular complexity index is 1250. The summed E-state index contributed by atoms with van der Waals surface area (Å²) in [6.07, 6.45) is 3.79. The number of sulfonamides is 1. The molecule has 7 nitrogen and oxygen atoms in total. The molecular weight excluding hydrogens is 376 g/mol. The molecule has 0 radical (unpaired) electrons. The maximum atomic E-state index is 12.6. The predicted octanol–water partition coefficient (Wildman–Crippen LogP) is 2.90. The fourth-order valence-corrected chi connectivity index (χ4v) is 3.39. The lowest BCUT2D eigenvalue weighted by atomic mass is 10.1. The Morgan fingerprint density at radius 1 is 0.964 bits per heavy atom. The van der Waals surface area contributed by atoms with Gasteiger partial charge in [0.15, 0.2) is 0 Å². The second kappa shape index (κ2) is 6.91. The second-order valence-corrected chi connectivity index (χ2v) is 7.72. The van der Waals surface area contributed by atoms with E-state index < -0.39 is 10.0 Å². The van der Waals surface area contributed by atoms with Crippen LogP contribution in [-0.4, -0.2) is 23.7 Å². The minimum Gasteiger partial charge on any atom is -0.321 e. The van der Waals surface area contributed by atoms with E-state index >= 15 is 0 Å². The Morgan fingerprint density at radius 2 is 1.68 bits per heavy atom. The van der Waals surface area contributed by atoms with Crippen molar-refractivity contribution in [3.8, 4) is 11.3 Å². The van der Waals surface area contributed by atoms with Crippen LogP contribution < -0.4 is 10.5 Å². The summed E-state index contributed by atoms with van der Waals surface area (Å²) in [4.78, 5) is 17.2. The van der Waals surface area contributed by atoms with Crippen molar-refractivity contribution >= 4 is 27.3 Å². The van der Waals surface area contributed by atoms with E-state index in [1.54, 1.807) is 6.07 Å². The Morgan fingerprint density at radius 3 is 2.39 bits per heavy atom. The highest BCUT2D eigenvalue weighted by atomic mass is 32.2. The molecule has 0 fully saturated rings. The summed E-state index contributed by atoms with van der Waals surface area (Å²) >= 11 is 0. The monoisotopic (exact) mass is 392 g/mol. The van der Waals surface area contributed by atoms with E-state index in [1.807, 2.05) is 53.2 Å². The van der Waals surface area contributed by atoms with Gasteiger partial charge in [-0.1, -0.05) is 24.3 Å². The summed E-state index contributed by atoms with van der Waals surface area (Å²) in [7, 11) is -3.80. The van der Waals surface area contributed by atoms with Gasteiger partial charge in [0.1, 0.15) is 5.65 Å². The summed E-state index contributed by atoms with van der Waals surface area (Å²) in [6, 6.07) is 18.5. The number of para-hydroxylation sites is 1. The fourth-order valence-electron chi connectivity index (χ4n) is 2.87. The molecule has 140 valence electrons. The van der Waals surface area contributed by atoms with Crippen molar-refractivity contribution in [1.29, 1.82) is 0 Å². The maximum Gasteiger partial charge on any atom is 0.255 e. The predicted molar refractivity (Wildman–Crippen MR) is 106 cm³/mol. The zero-order valence-electron chi connectivity index (χ0n) is 14.6. The Hall–Kier alpha value is -3.49. The van der Waals surface area contributed by atoms with Crippen molar-refractivity contribution < 1.29 is 13.2 Å². The van der Waals surface area contributed by atoms with Gasteiger partial charge in [-0.3, -0.25) is 4.79 Å². The van der Waals surface area contributed by atoms with Crippen LogP contribution in [0.4, 0.5) is 5.69 Å². The van der Waals surface area contributed by atoms with Gasteiger partial charge in [-0.25, -0.2) is 18.5 Å². The number of amides is 1. The molecule has 3 N–H and O–H groups in total. The zero-order valence-corrected chi connectivity index (χ0v) is 15.4. The van der Waals surface area contributed by atoms with Crippen LogP contribution in [0.25, 0.3) is 16.9 Å². The van der Waals surface area contributed by atoms with Crippen LogP contribution in [0.5, 0.6) is 0 Å². The lowest BCUT2D eigenvalue weighted by molar-refractivity contribution is 0.102. The quantitative estimate of drug-likeness (QED) is 0.557. The van der Waals surface area contributed by atoms with Crippen LogP contribution >= 0.6 is 0 Å². The number of pyridine rings is 1. The molecule has 0 spiro atoms. The van der Waals surface area contributed by atoms with Crippen LogP contribution in [0.3, 0.4) is 0 Å². The molecule has 0 saturated carbocycles. The van der Waals surface area contributed by atoms with E-state index in [9.17, 15) is 13.2 Å². The van der Waals surface area contributed by atoms with E-state index in [2.05, 4.69) is 10.3 Å². The third-order valence-electron chi connectivity index (χ3n) is 4.26. The van der Waals surface area contributed by atoms with E-state index in [0.717, 1.165) is 16.9 Å². The molecule has 4 aromatic rings. The lowest BCUT2D eigenvalue weighted by Gasteiger charge is -2.10. The summed E-state index contributed by atoms with van der Waals surface area (Å²) < 4.78 is 24.6. The molecule has 0 aliphatic carbocycles. The first-order chi connectivity index (χ1) is 13.4. The number of carbonyl (C=O) groups excluding carboxylic acids is 1. The van der Waals surface area contributed by atoms with Gasteiger partial charge in [0.2, 0.25) is 10.0 Å². The van der Waals surface area contributed by atoms with E-state index in [4.69, 9.17) is 5.14 Å². The molecule has 28 heavy (non-hydrogen) atoms. The highest BCUT2D eigenvalue weighted by Crippen LogP contribution is 2.28. The van der Waals surface area contributed by atoms with Gasteiger partial charge in [0.25, 0.3) is 5.91 Å². The summed E-state index contributed by atoms with van der Waals surface area (Å²) in [6.45, 7) is 0. The van der Waals surface area contributed by atoms with E-state index in [-0.39, 0.29) is 10.8 Å². The highest BCUT2D eigenvalue weighted by molar-refractivity contribution is 7.89. The average molecular weight is 392 g/mol. The number of benzene rings is 2. The van der Waals surface area contributed by atoms with Crippen molar-refractivity contribution in [2.45, 2.75) is 4.90 Å². The molecule has 2 aromatic heterocycles. The van der Waals surface area contributed by atoms with Crippen LogP contribution in [0.1, 0.15) is 10.4 Å². The van der Waals surface area contributed by atoms with Gasteiger partial charge in [0.05, 0.1) is 16.3 Å². The lowest BCUT2D eigenvalue weighted by Crippen LogP contribution is -2.14. The molecule has 0 unspecified atom stereocenters. The number of hydrogen-bond acceptors (Lipinski definition) is 4. The molecule has 0 atom stereocenters. The van der Waals surface area contributed by atoms with Crippen molar-refractivity contribution in [3.05, 3.63) is 84.7 Å². The van der Waals surface area contributed by atoms with Crippen molar-refractivity contribution in [1.82, 2.24) is 9.38 Å². The number of nitrogens with zero attached hydrogens (tertiary/aromatic N) is 2. The van der Waals surface area contributed by atoms with E-state index in [0.29, 0.717) is 11.3 Å². The molecule has 0 bridgehead atoms. The molecule has 0 aliphatic heterocycles. The maximum absolute atomic E-state index is 12.6. The number of hydrogen-bond donors (Lipinski definition) is 2.